The summed E-state index contributed by atoms with van der Waals surface area (Å²) < 4.78 is 2.47. The van der Waals surface area contributed by atoms with Gasteiger partial charge < -0.3 is 9.47 Å². The van der Waals surface area contributed by atoms with E-state index in [4.69, 9.17) is 0 Å². The quantitative estimate of drug-likeness (QED) is 0.223. The minimum Gasteiger partial charge on any atom is -0.314 e. The fourth-order valence-corrected chi connectivity index (χ4v) is 7.04. The lowest BCUT2D eigenvalue weighted by molar-refractivity contribution is 0.664. The second-order valence-electron chi connectivity index (χ2n) is 11.4. The Morgan fingerprint density at radius 2 is 1.51 bits per heavy atom. The van der Waals surface area contributed by atoms with Crippen LogP contribution in [0.1, 0.15) is 30.5 Å². The van der Waals surface area contributed by atoms with Gasteiger partial charge in [0, 0.05) is 39.8 Å². The molecule has 0 N–H and O–H groups in total. The van der Waals surface area contributed by atoms with Crippen LogP contribution in [-0.2, 0) is 5.41 Å². The van der Waals surface area contributed by atoms with Crippen LogP contribution in [0.5, 0.6) is 0 Å². The molecule has 0 spiro atoms. The van der Waals surface area contributed by atoms with Crippen LogP contribution in [-0.4, -0.2) is 9.55 Å². The van der Waals surface area contributed by atoms with Crippen LogP contribution in [0.3, 0.4) is 0 Å². The Bertz CT molecular complexity index is 2080. The van der Waals surface area contributed by atoms with Crippen molar-refractivity contribution in [1.82, 2.24) is 9.55 Å². The molecule has 0 saturated carbocycles. The number of para-hydroxylation sites is 2. The third-order valence-electron chi connectivity index (χ3n) is 8.72. The van der Waals surface area contributed by atoms with Crippen LogP contribution in [0.2, 0.25) is 0 Å². The van der Waals surface area contributed by atoms with E-state index in [9.17, 15) is 0 Å². The van der Waals surface area contributed by atoms with Gasteiger partial charge in [0.2, 0.25) is 0 Å². The average molecular weight is 528 g/mol. The molecule has 0 radical (unpaired) electrons. The first-order valence-corrected chi connectivity index (χ1v) is 14.1. The van der Waals surface area contributed by atoms with Gasteiger partial charge in [-0.15, -0.1) is 0 Å². The summed E-state index contributed by atoms with van der Waals surface area (Å²) in [6.07, 6.45) is 12.3. The highest BCUT2D eigenvalue weighted by Crippen LogP contribution is 2.59. The summed E-state index contributed by atoms with van der Waals surface area (Å²) in [6.45, 7) is 9.41. The van der Waals surface area contributed by atoms with Crippen molar-refractivity contribution in [2.45, 2.75) is 19.3 Å². The molecule has 0 amide bonds. The van der Waals surface area contributed by atoms with Crippen LogP contribution in [0.25, 0.3) is 44.2 Å². The zero-order valence-corrected chi connectivity index (χ0v) is 23.2. The van der Waals surface area contributed by atoms with Crippen LogP contribution in [0, 0.1) is 0 Å². The van der Waals surface area contributed by atoms with Gasteiger partial charge in [0.15, 0.2) is 0 Å². The minimum absolute atomic E-state index is 0.221. The Morgan fingerprint density at radius 1 is 0.756 bits per heavy atom. The van der Waals surface area contributed by atoms with Crippen LogP contribution >= 0.6 is 0 Å². The summed E-state index contributed by atoms with van der Waals surface area (Å²) in [4.78, 5) is 6.81. The molecule has 41 heavy (non-hydrogen) atoms. The Labute approximate surface area is 240 Å². The normalized spacial score (nSPS) is 16.6. The summed E-state index contributed by atoms with van der Waals surface area (Å²) in [5, 5.41) is 2.45. The van der Waals surface area contributed by atoms with Gasteiger partial charge in [0.1, 0.15) is 0 Å². The SMILES string of the molecule is C=C1/C=C\C=C/N(c2cccnc2)c2c1c1c(c3c2c2ccccc2n3-c2ccccc2)C(C)(C)c2ccccc2-1. The average Bonchev–Trinajstić information content (AvgIpc) is 3.46. The standard InChI is InChI=1S/C38H29N3/c1-25-14-11-12-23-40(27-17-13-22-39-24-27)36-32(25)33-28-18-7-9-20-30(28)38(2,3)35(33)37-34(36)29-19-8-10-21-31(29)41(37)26-15-5-4-6-16-26/h4-24H,1H2,2-3H3/b14-11-,23-12-. The molecule has 1 aliphatic heterocycles. The van der Waals surface area contributed by atoms with Gasteiger partial charge in [-0.25, -0.2) is 0 Å². The first kappa shape index (κ1) is 23.7. The molecule has 1 aliphatic carbocycles. The first-order chi connectivity index (χ1) is 20.1. The minimum atomic E-state index is -0.221. The number of nitrogens with zero attached hydrogens (tertiary/aromatic N) is 3. The van der Waals surface area contributed by atoms with E-state index in [2.05, 4.69) is 144 Å². The van der Waals surface area contributed by atoms with E-state index in [0.717, 1.165) is 22.6 Å². The van der Waals surface area contributed by atoms with Gasteiger partial charge in [0.05, 0.1) is 28.6 Å². The Hall–Kier alpha value is -5.15. The maximum Gasteiger partial charge on any atom is 0.0641 e. The molecule has 3 heterocycles. The number of hydrogen-bond acceptors (Lipinski definition) is 2. The molecule has 0 unspecified atom stereocenters. The number of anilines is 2. The zero-order chi connectivity index (χ0) is 27.7. The summed E-state index contributed by atoms with van der Waals surface area (Å²) in [6, 6.07) is 32.6. The van der Waals surface area contributed by atoms with Gasteiger partial charge in [-0.3, -0.25) is 4.98 Å². The number of pyridine rings is 1. The van der Waals surface area contributed by atoms with Gasteiger partial charge in [-0.05, 0) is 64.2 Å². The van der Waals surface area contributed by atoms with Crippen molar-refractivity contribution < 1.29 is 0 Å². The molecule has 3 nitrogen and oxygen atoms in total. The highest BCUT2D eigenvalue weighted by atomic mass is 15.1. The molecule has 2 aromatic heterocycles. The van der Waals surface area contributed by atoms with E-state index in [1.54, 1.807) is 0 Å². The maximum atomic E-state index is 4.67. The Kier molecular flexibility index (Phi) is 5.02. The topological polar surface area (TPSA) is 21.1 Å². The highest BCUT2D eigenvalue weighted by Gasteiger charge is 2.42. The van der Waals surface area contributed by atoms with Gasteiger partial charge in [-0.1, -0.05) is 93.2 Å². The third-order valence-corrected chi connectivity index (χ3v) is 8.72. The molecule has 196 valence electrons. The van der Waals surface area contributed by atoms with E-state index < -0.39 is 0 Å². The van der Waals surface area contributed by atoms with Gasteiger partial charge in [0.25, 0.3) is 0 Å². The lowest BCUT2D eigenvalue weighted by Gasteiger charge is -2.30. The molecule has 6 aromatic rings. The Morgan fingerprint density at radius 3 is 2.34 bits per heavy atom. The molecule has 2 aliphatic rings. The van der Waals surface area contributed by atoms with E-state index in [0.29, 0.717) is 0 Å². The second kappa shape index (κ2) is 8.67. The van der Waals surface area contributed by atoms with Crippen molar-refractivity contribution in [2.24, 2.45) is 0 Å². The van der Waals surface area contributed by atoms with Crippen molar-refractivity contribution in [2.75, 3.05) is 4.90 Å². The number of fused-ring (bicyclic) bond motifs is 10. The van der Waals surface area contributed by atoms with Crippen molar-refractivity contribution in [3.05, 3.63) is 151 Å². The van der Waals surface area contributed by atoms with Crippen molar-refractivity contribution >= 4 is 38.8 Å². The molecule has 4 aromatic carbocycles. The number of allylic oxidation sites excluding steroid dienone is 4. The molecule has 0 bridgehead atoms. The van der Waals surface area contributed by atoms with Crippen LogP contribution in [0.4, 0.5) is 11.4 Å². The summed E-state index contributed by atoms with van der Waals surface area (Å²) in [7, 11) is 0. The summed E-state index contributed by atoms with van der Waals surface area (Å²) >= 11 is 0. The Balaban J connectivity index is 1.69. The lowest BCUT2D eigenvalue weighted by Crippen LogP contribution is -2.18. The fraction of sp³-hybridized carbons (Fsp3) is 0.0789. The van der Waals surface area contributed by atoms with E-state index >= 15 is 0 Å². The molecule has 8 rings (SSSR count). The predicted molar refractivity (Wildman–Crippen MR) is 172 cm³/mol. The second-order valence-corrected chi connectivity index (χ2v) is 11.4. The molecule has 0 fully saturated rings. The fourth-order valence-electron chi connectivity index (χ4n) is 7.04. The number of benzene rings is 4. The molecule has 0 atom stereocenters. The third kappa shape index (κ3) is 3.23. The van der Waals surface area contributed by atoms with Gasteiger partial charge in [-0.2, -0.15) is 0 Å². The lowest BCUT2D eigenvalue weighted by atomic mass is 9.79. The first-order valence-electron chi connectivity index (χ1n) is 14.1. The smallest absolute Gasteiger partial charge is 0.0641 e. The van der Waals surface area contributed by atoms with E-state index in [-0.39, 0.29) is 5.41 Å². The van der Waals surface area contributed by atoms with Crippen molar-refractivity contribution in [3.8, 4) is 16.8 Å². The van der Waals surface area contributed by atoms with E-state index in [1.807, 2.05) is 18.5 Å². The van der Waals surface area contributed by atoms with Crippen LogP contribution < -0.4 is 4.90 Å². The molecular formula is C38H29N3. The molecule has 3 heteroatoms. The zero-order valence-electron chi connectivity index (χ0n) is 23.2. The number of rotatable bonds is 2. The number of aromatic nitrogens is 2. The van der Waals surface area contributed by atoms with Crippen molar-refractivity contribution in [3.63, 3.8) is 0 Å². The summed E-state index contributed by atoms with van der Waals surface area (Å²) in [5.41, 5.74) is 12.9. The van der Waals surface area contributed by atoms with E-state index in [1.165, 1.54) is 49.6 Å². The predicted octanol–water partition coefficient (Wildman–Crippen LogP) is 9.72. The van der Waals surface area contributed by atoms with Crippen LogP contribution in [0.15, 0.2) is 134 Å². The monoisotopic (exact) mass is 527 g/mol. The maximum absolute atomic E-state index is 4.67. The highest BCUT2D eigenvalue weighted by molar-refractivity contribution is 6.23. The number of hydrogen-bond donors (Lipinski definition) is 0. The van der Waals surface area contributed by atoms with Gasteiger partial charge >= 0.3 is 0 Å². The molecular weight excluding hydrogens is 498 g/mol. The van der Waals surface area contributed by atoms with Crippen molar-refractivity contribution in [1.29, 1.82) is 0 Å². The largest absolute Gasteiger partial charge is 0.314 e. The summed E-state index contributed by atoms with van der Waals surface area (Å²) in [5.74, 6) is 0. The molecule has 0 saturated heterocycles.